The molecule has 0 heteroatoms. The Kier molecular flexibility index (Phi) is 21.1. The third kappa shape index (κ3) is 16.9. The maximum absolute atomic E-state index is 3.57. The number of unbranched alkanes of at least 4 members (excludes halogenated alkanes) is 7. The van der Waals surface area contributed by atoms with Gasteiger partial charge in [0, 0.05) is 23.0 Å². The van der Waals surface area contributed by atoms with Crippen LogP contribution in [0.25, 0.3) is 0 Å². The first-order valence-electron chi connectivity index (χ1n) is 24.4. The molecule has 4 aromatic carbocycles. The average molecular weight is 787 g/mol. The van der Waals surface area contributed by atoms with Crippen molar-refractivity contribution in [2.75, 3.05) is 0 Å². The molecule has 0 N–H and O–H groups in total. The molecular weight excluding hydrogens is 709 g/mol. The molecule has 2 aliphatic rings. The summed E-state index contributed by atoms with van der Waals surface area (Å²) in [6.07, 6.45) is 29.4. The number of hydrogen-bond acceptors (Lipinski definition) is 0. The Bertz CT molecular complexity index is 1820. The summed E-state index contributed by atoms with van der Waals surface area (Å²) in [6, 6.07) is 36.8. The molecule has 0 aromatic heterocycles. The van der Waals surface area contributed by atoms with E-state index in [2.05, 4.69) is 148 Å². The summed E-state index contributed by atoms with van der Waals surface area (Å²) in [5.74, 6) is 16.6. The van der Waals surface area contributed by atoms with Crippen molar-refractivity contribution in [1.82, 2.24) is 0 Å². The van der Waals surface area contributed by atoms with Crippen LogP contribution in [0.4, 0.5) is 0 Å². The molecule has 0 aliphatic heterocycles. The van der Waals surface area contributed by atoms with Crippen molar-refractivity contribution in [3.8, 4) is 23.7 Å². The predicted molar refractivity (Wildman–Crippen MR) is 257 cm³/mol. The largest absolute Gasteiger partial charge is 0.0945 e. The Morgan fingerprint density at radius 3 is 1.00 bits per heavy atom. The lowest BCUT2D eigenvalue weighted by molar-refractivity contribution is 0.384. The van der Waals surface area contributed by atoms with Crippen molar-refractivity contribution < 1.29 is 0 Å². The van der Waals surface area contributed by atoms with Gasteiger partial charge in [-0.25, -0.2) is 0 Å². The van der Waals surface area contributed by atoms with Gasteiger partial charge < -0.3 is 0 Å². The van der Waals surface area contributed by atoms with Gasteiger partial charge in [0.2, 0.25) is 0 Å². The second-order valence-corrected chi connectivity index (χ2v) is 18.0. The first-order valence-corrected chi connectivity index (χ1v) is 24.4. The third-order valence-electron chi connectivity index (χ3n) is 13.1. The molecule has 0 atom stereocenters. The van der Waals surface area contributed by atoms with E-state index >= 15 is 0 Å². The summed E-state index contributed by atoms with van der Waals surface area (Å²) in [5, 5.41) is 0. The molecule has 0 saturated heterocycles. The van der Waals surface area contributed by atoms with Crippen LogP contribution in [-0.2, 0) is 25.7 Å². The summed E-state index contributed by atoms with van der Waals surface area (Å²) < 4.78 is 0. The molecule has 2 saturated carbocycles. The van der Waals surface area contributed by atoms with Crippen LogP contribution in [0.2, 0.25) is 0 Å². The summed E-state index contributed by atoms with van der Waals surface area (Å²) in [5.41, 5.74) is 11.3. The van der Waals surface area contributed by atoms with E-state index in [9.17, 15) is 0 Å². The van der Waals surface area contributed by atoms with Crippen LogP contribution in [0.5, 0.6) is 0 Å². The van der Waals surface area contributed by atoms with Gasteiger partial charge in [-0.2, -0.15) is 0 Å². The molecule has 0 unspecified atom stereocenters. The van der Waals surface area contributed by atoms with Crippen molar-refractivity contribution in [2.45, 2.75) is 187 Å². The van der Waals surface area contributed by atoms with Crippen LogP contribution in [0.3, 0.4) is 0 Å². The minimum atomic E-state index is 0.568. The van der Waals surface area contributed by atoms with Crippen molar-refractivity contribution >= 4 is 0 Å². The summed E-state index contributed by atoms with van der Waals surface area (Å²) in [4.78, 5) is 0. The van der Waals surface area contributed by atoms with E-state index in [0.717, 1.165) is 11.8 Å². The maximum Gasteiger partial charge on any atom is 0.0245 e. The molecule has 0 amide bonds. The normalized spacial score (nSPS) is 18.7. The van der Waals surface area contributed by atoms with E-state index in [1.165, 1.54) is 181 Å². The monoisotopic (exact) mass is 787 g/mol. The lowest BCUT2D eigenvalue weighted by Crippen LogP contribution is -2.12. The fourth-order valence-electron chi connectivity index (χ4n) is 9.03. The fourth-order valence-corrected chi connectivity index (χ4v) is 9.03. The summed E-state index contributed by atoms with van der Waals surface area (Å²) >= 11 is 0. The number of aryl methyl sites for hydroxylation is 4. The topological polar surface area (TPSA) is 0 Å². The molecule has 0 radical (unpaired) electrons. The van der Waals surface area contributed by atoms with E-state index in [-0.39, 0.29) is 0 Å². The van der Waals surface area contributed by atoms with Gasteiger partial charge in [0.1, 0.15) is 0 Å². The second kappa shape index (κ2) is 27.0. The van der Waals surface area contributed by atoms with E-state index in [1.807, 2.05) is 0 Å². The molecule has 0 nitrogen and oxygen atoms in total. The minimum Gasteiger partial charge on any atom is -0.0945 e. The number of rotatable bonds is 17. The van der Waals surface area contributed by atoms with Gasteiger partial charge in [-0.1, -0.05) is 169 Å². The highest BCUT2D eigenvalue weighted by Gasteiger charge is 2.22. The van der Waals surface area contributed by atoms with Gasteiger partial charge in [-0.05, 0) is 172 Å². The van der Waals surface area contributed by atoms with Crippen LogP contribution < -0.4 is 0 Å². The van der Waals surface area contributed by atoms with Crippen molar-refractivity contribution in [3.63, 3.8) is 0 Å². The Labute approximate surface area is 362 Å². The molecule has 0 spiro atoms. The summed E-state index contributed by atoms with van der Waals surface area (Å²) in [7, 11) is 0. The highest BCUT2D eigenvalue weighted by molar-refractivity contribution is 5.38. The van der Waals surface area contributed by atoms with Crippen LogP contribution in [0.15, 0.2) is 97.1 Å². The number of benzene rings is 4. The van der Waals surface area contributed by atoms with Gasteiger partial charge >= 0.3 is 0 Å². The van der Waals surface area contributed by atoms with Crippen LogP contribution in [0.1, 0.15) is 206 Å². The molecule has 2 aliphatic carbocycles. The smallest absolute Gasteiger partial charge is 0.0245 e. The zero-order chi connectivity index (χ0) is 41.3. The first kappa shape index (κ1) is 46.1. The van der Waals surface area contributed by atoms with E-state index in [1.54, 1.807) is 11.1 Å². The van der Waals surface area contributed by atoms with Gasteiger partial charge in [-0.3, -0.25) is 0 Å². The quantitative estimate of drug-likeness (QED) is 0.0739. The van der Waals surface area contributed by atoms with Gasteiger partial charge in [0.25, 0.3) is 0 Å². The van der Waals surface area contributed by atoms with Gasteiger partial charge in [-0.15, -0.1) is 0 Å². The maximum atomic E-state index is 3.57. The van der Waals surface area contributed by atoms with Crippen molar-refractivity contribution in [1.29, 1.82) is 0 Å². The lowest BCUT2D eigenvalue weighted by Gasteiger charge is -2.26. The minimum absolute atomic E-state index is 0.568. The Balaban J connectivity index is 0.000000224. The highest BCUT2D eigenvalue weighted by atomic mass is 14.3. The molecular formula is C59H78. The third-order valence-corrected chi connectivity index (χ3v) is 13.1. The van der Waals surface area contributed by atoms with Crippen LogP contribution in [-0.4, -0.2) is 0 Å². The molecule has 59 heavy (non-hydrogen) atoms. The fraction of sp³-hybridized carbons (Fsp3) is 0.525. The standard InChI is InChI=1S/C30H40.C29H38/c1-3-5-7-8-10-26-17-21-29(22-18-26)30-23-19-28(20-24-30)16-15-27-13-11-25(12-14-27)9-6-4-2;1-3-5-7-9-25-16-20-28(21-17-25)29-22-18-27(19-23-29)15-14-26-12-10-24(11-13-26)8-6-4-2/h11-14,17-18,21-22,28,30H,3-10,19-20,23-24H2,1-2H3;10-13,16-17,20-21,27,29H,3-9,18-19,22-23H2,1-2H3. The molecule has 6 rings (SSSR count). The molecule has 2 fully saturated rings. The summed E-state index contributed by atoms with van der Waals surface area (Å²) in [6.45, 7) is 9.05. The number of hydrogen-bond donors (Lipinski definition) is 0. The van der Waals surface area contributed by atoms with Crippen LogP contribution in [0, 0.1) is 35.5 Å². The predicted octanol–water partition coefficient (Wildman–Crippen LogP) is 16.6. The van der Waals surface area contributed by atoms with E-state index in [4.69, 9.17) is 0 Å². The van der Waals surface area contributed by atoms with Crippen molar-refractivity contribution in [3.05, 3.63) is 142 Å². The lowest BCUT2D eigenvalue weighted by atomic mass is 9.78. The highest BCUT2D eigenvalue weighted by Crippen LogP contribution is 2.37. The first-order chi connectivity index (χ1) is 29.1. The zero-order valence-corrected chi connectivity index (χ0v) is 37.8. The molecule has 0 heterocycles. The average Bonchev–Trinajstić information content (AvgIpc) is 3.29. The Morgan fingerprint density at radius 1 is 0.339 bits per heavy atom. The zero-order valence-electron chi connectivity index (χ0n) is 37.8. The molecule has 314 valence electrons. The van der Waals surface area contributed by atoms with E-state index in [0.29, 0.717) is 11.8 Å². The SMILES string of the molecule is CCCCCCc1ccc(C2CCC(C#Cc3ccc(CCCC)cc3)CC2)cc1.CCCCCc1ccc(C2CCC(C#Cc3ccc(CCCC)cc3)CC2)cc1. The van der Waals surface area contributed by atoms with Gasteiger partial charge in [0.05, 0.1) is 0 Å². The van der Waals surface area contributed by atoms with Crippen molar-refractivity contribution in [2.24, 2.45) is 11.8 Å². The second-order valence-electron chi connectivity index (χ2n) is 18.0. The van der Waals surface area contributed by atoms with E-state index < -0.39 is 0 Å². The Hall–Kier alpha value is -4.00. The Morgan fingerprint density at radius 2 is 0.644 bits per heavy atom. The van der Waals surface area contributed by atoms with Gasteiger partial charge in [0.15, 0.2) is 0 Å². The molecule has 4 aromatic rings. The van der Waals surface area contributed by atoms with Crippen LogP contribution >= 0.6 is 0 Å². The molecule has 0 bridgehead atoms.